The first-order valence-corrected chi connectivity index (χ1v) is 8.15. The molecule has 24 heavy (non-hydrogen) atoms. The van der Waals surface area contributed by atoms with Crippen LogP contribution in [0.2, 0.25) is 0 Å². The molecule has 3 rings (SSSR count). The average molecular weight is 333 g/mol. The Morgan fingerprint density at radius 2 is 2.21 bits per heavy atom. The van der Waals surface area contributed by atoms with Crippen molar-refractivity contribution in [2.45, 2.75) is 26.0 Å². The van der Waals surface area contributed by atoms with Crippen molar-refractivity contribution in [3.05, 3.63) is 35.3 Å². The van der Waals surface area contributed by atoms with Gasteiger partial charge in [-0.15, -0.1) is 0 Å². The molecule has 0 saturated carbocycles. The van der Waals surface area contributed by atoms with Crippen molar-refractivity contribution >= 4 is 16.8 Å². The predicted octanol–water partition coefficient (Wildman–Crippen LogP) is 2.29. The molecular weight excluding hydrogens is 309 g/mol. The van der Waals surface area contributed by atoms with Crippen LogP contribution >= 0.6 is 0 Å². The number of likely N-dealkylation sites (N-methyl/N-ethyl adjacent to an activating group) is 1. The number of nitrogens with one attached hydrogen (secondary N) is 1. The van der Waals surface area contributed by atoms with E-state index < -0.39 is 5.60 Å². The first-order chi connectivity index (χ1) is 11.3. The third-order valence-corrected chi connectivity index (χ3v) is 4.72. The number of aryl methyl sites for hydroxylation is 1. The standard InChI is InChI=1S/C18H24FN3O2/c1-12-14-9-13(19)5-6-15(14)20-16(12)10-22-7-8-24-18(2,11-22)17(23)21(3)4/h5-6,9,20H,7-8,10-11H2,1-4H3/t18-/m1/s1. The summed E-state index contributed by atoms with van der Waals surface area (Å²) in [4.78, 5) is 19.5. The molecule has 130 valence electrons. The first-order valence-electron chi connectivity index (χ1n) is 8.15. The summed E-state index contributed by atoms with van der Waals surface area (Å²) < 4.78 is 19.2. The number of aromatic amines is 1. The van der Waals surface area contributed by atoms with Gasteiger partial charge in [-0.25, -0.2) is 4.39 Å². The van der Waals surface area contributed by atoms with Gasteiger partial charge in [-0.1, -0.05) is 0 Å². The van der Waals surface area contributed by atoms with Gasteiger partial charge in [0.2, 0.25) is 0 Å². The monoisotopic (exact) mass is 333 g/mol. The smallest absolute Gasteiger partial charge is 0.255 e. The molecule has 0 aliphatic carbocycles. The topological polar surface area (TPSA) is 48.6 Å². The fourth-order valence-electron chi connectivity index (χ4n) is 3.43. The molecule has 1 atom stereocenters. The highest BCUT2D eigenvalue weighted by atomic mass is 19.1. The molecule has 2 heterocycles. The number of rotatable bonds is 3. The maximum Gasteiger partial charge on any atom is 0.255 e. The summed E-state index contributed by atoms with van der Waals surface area (Å²) in [7, 11) is 3.48. The predicted molar refractivity (Wildman–Crippen MR) is 91.3 cm³/mol. The molecule has 1 aromatic heterocycles. The van der Waals surface area contributed by atoms with Crippen molar-refractivity contribution in [2.24, 2.45) is 0 Å². The van der Waals surface area contributed by atoms with E-state index in [0.717, 1.165) is 28.7 Å². The van der Waals surface area contributed by atoms with Gasteiger partial charge in [0.05, 0.1) is 6.61 Å². The maximum absolute atomic E-state index is 13.5. The fraction of sp³-hybridized carbons (Fsp3) is 0.500. The zero-order valence-corrected chi connectivity index (χ0v) is 14.6. The summed E-state index contributed by atoms with van der Waals surface area (Å²) in [6, 6.07) is 4.79. The van der Waals surface area contributed by atoms with Crippen LogP contribution in [0.4, 0.5) is 4.39 Å². The van der Waals surface area contributed by atoms with Gasteiger partial charge in [0.1, 0.15) is 5.82 Å². The van der Waals surface area contributed by atoms with Crippen LogP contribution in [0.5, 0.6) is 0 Å². The number of H-pyrrole nitrogens is 1. The van der Waals surface area contributed by atoms with Crippen molar-refractivity contribution in [2.75, 3.05) is 33.8 Å². The van der Waals surface area contributed by atoms with Crippen LogP contribution in [0, 0.1) is 12.7 Å². The molecule has 5 nitrogen and oxygen atoms in total. The molecule has 0 bridgehead atoms. The number of carbonyl (C=O) groups excluding carboxylic acids is 1. The van der Waals surface area contributed by atoms with E-state index in [4.69, 9.17) is 4.74 Å². The summed E-state index contributed by atoms with van der Waals surface area (Å²) in [5.74, 6) is -0.255. The normalized spacial score (nSPS) is 22.0. The van der Waals surface area contributed by atoms with E-state index in [0.29, 0.717) is 19.7 Å². The van der Waals surface area contributed by atoms with Crippen molar-refractivity contribution in [3.63, 3.8) is 0 Å². The summed E-state index contributed by atoms with van der Waals surface area (Å²) in [6.07, 6.45) is 0. The highest BCUT2D eigenvalue weighted by Crippen LogP contribution is 2.26. The van der Waals surface area contributed by atoms with Crippen molar-refractivity contribution in [1.29, 1.82) is 0 Å². The van der Waals surface area contributed by atoms with E-state index in [2.05, 4.69) is 9.88 Å². The van der Waals surface area contributed by atoms with E-state index in [-0.39, 0.29) is 11.7 Å². The minimum absolute atomic E-state index is 0.0253. The van der Waals surface area contributed by atoms with Crippen LogP contribution in [0.25, 0.3) is 10.9 Å². The lowest BCUT2D eigenvalue weighted by molar-refractivity contribution is -0.165. The molecule has 0 radical (unpaired) electrons. The lowest BCUT2D eigenvalue weighted by Crippen LogP contribution is -2.57. The van der Waals surface area contributed by atoms with Gasteiger partial charge >= 0.3 is 0 Å². The van der Waals surface area contributed by atoms with Crippen LogP contribution < -0.4 is 0 Å². The molecule has 0 spiro atoms. The van der Waals surface area contributed by atoms with Crippen molar-refractivity contribution in [1.82, 2.24) is 14.8 Å². The van der Waals surface area contributed by atoms with Crippen molar-refractivity contribution in [3.8, 4) is 0 Å². The molecule has 1 fully saturated rings. The Balaban J connectivity index is 1.81. The fourth-order valence-corrected chi connectivity index (χ4v) is 3.43. The van der Waals surface area contributed by atoms with Crippen LogP contribution in [-0.2, 0) is 16.1 Å². The maximum atomic E-state index is 13.5. The van der Waals surface area contributed by atoms with Crippen LogP contribution in [0.1, 0.15) is 18.2 Å². The highest BCUT2D eigenvalue weighted by molar-refractivity contribution is 5.85. The van der Waals surface area contributed by atoms with Gasteiger partial charge < -0.3 is 14.6 Å². The van der Waals surface area contributed by atoms with E-state index in [1.54, 1.807) is 31.1 Å². The molecule has 1 aromatic carbocycles. The number of ether oxygens (including phenoxy) is 1. The quantitative estimate of drug-likeness (QED) is 0.938. The second-order valence-corrected chi connectivity index (χ2v) is 6.91. The van der Waals surface area contributed by atoms with Gasteiger partial charge in [-0.2, -0.15) is 0 Å². The largest absolute Gasteiger partial charge is 0.363 e. The summed E-state index contributed by atoms with van der Waals surface area (Å²) in [5.41, 5.74) is 2.21. The van der Waals surface area contributed by atoms with Gasteiger partial charge in [0, 0.05) is 50.3 Å². The number of morpholine rings is 1. The highest BCUT2D eigenvalue weighted by Gasteiger charge is 2.40. The third kappa shape index (κ3) is 3.03. The van der Waals surface area contributed by atoms with E-state index in [1.165, 1.54) is 6.07 Å². The minimum Gasteiger partial charge on any atom is -0.363 e. The molecular formula is C18H24FN3O2. The summed E-state index contributed by atoms with van der Waals surface area (Å²) in [5, 5.41) is 0.908. The second kappa shape index (κ2) is 6.18. The third-order valence-electron chi connectivity index (χ3n) is 4.72. The number of aromatic nitrogens is 1. The molecule has 6 heteroatoms. The summed E-state index contributed by atoms with van der Waals surface area (Å²) >= 11 is 0. The lowest BCUT2D eigenvalue weighted by atomic mass is 10.0. The Labute approximate surface area is 141 Å². The number of nitrogens with zero attached hydrogens (tertiary/aromatic N) is 2. The molecule has 1 aliphatic rings. The Hall–Kier alpha value is -1.92. The number of carbonyl (C=O) groups is 1. The number of amides is 1. The Kier molecular flexibility index (Phi) is 4.36. The lowest BCUT2D eigenvalue weighted by Gasteiger charge is -2.40. The number of fused-ring (bicyclic) bond motifs is 1. The van der Waals surface area contributed by atoms with Crippen LogP contribution in [0.3, 0.4) is 0 Å². The molecule has 1 saturated heterocycles. The Morgan fingerprint density at radius 1 is 1.46 bits per heavy atom. The zero-order chi connectivity index (χ0) is 17.5. The first kappa shape index (κ1) is 16.9. The molecule has 1 aliphatic heterocycles. The Bertz CT molecular complexity index is 771. The number of benzene rings is 1. The summed E-state index contributed by atoms with van der Waals surface area (Å²) in [6.45, 7) is 6.34. The number of hydrogen-bond donors (Lipinski definition) is 1. The van der Waals surface area contributed by atoms with E-state index in [9.17, 15) is 9.18 Å². The Morgan fingerprint density at radius 3 is 2.92 bits per heavy atom. The van der Waals surface area contributed by atoms with E-state index >= 15 is 0 Å². The molecule has 0 unspecified atom stereocenters. The second-order valence-electron chi connectivity index (χ2n) is 6.91. The van der Waals surface area contributed by atoms with Gasteiger partial charge in [-0.05, 0) is 37.6 Å². The van der Waals surface area contributed by atoms with Gasteiger partial charge in [0.15, 0.2) is 5.60 Å². The molecule has 2 aromatic rings. The van der Waals surface area contributed by atoms with Crippen molar-refractivity contribution < 1.29 is 13.9 Å². The number of hydrogen-bond acceptors (Lipinski definition) is 3. The average Bonchev–Trinajstić information content (AvgIpc) is 2.83. The molecule has 1 amide bonds. The van der Waals surface area contributed by atoms with Crippen LogP contribution in [-0.4, -0.2) is 60.1 Å². The van der Waals surface area contributed by atoms with E-state index in [1.807, 2.05) is 13.8 Å². The number of halogens is 1. The molecule has 1 N–H and O–H groups in total. The minimum atomic E-state index is -0.826. The van der Waals surface area contributed by atoms with Gasteiger partial charge in [0.25, 0.3) is 5.91 Å². The SMILES string of the molecule is Cc1c(CN2CCO[C@@](C)(C(=O)N(C)C)C2)[nH]c2ccc(F)cc12. The van der Waals surface area contributed by atoms with Gasteiger partial charge in [-0.3, -0.25) is 9.69 Å². The zero-order valence-electron chi connectivity index (χ0n) is 14.6. The van der Waals surface area contributed by atoms with Crippen LogP contribution in [0.15, 0.2) is 18.2 Å².